The molecule has 0 aliphatic heterocycles. The molecule has 1 aromatic heterocycles. The van der Waals surface area contributed by atoms with E-state index >= 15 is 0 Å². The molecule has 7 heteroatoms. The molecule has 1 atom stereocenters. The van der Waals surface area contributed by atoms with Crippen molar-refractivity contribution < 1.29 is 4.92 Å². The monoisotopic (exact) mass is 358 g/mol. The Morgan fingerprint density at radius 1 is 1.56 bits per heavy atom. The first-order valence-corrected chi connectivity index (χ1v) is 6.35. The highest BCUT2D eigenvalue weighted by atomic mass is 127. The molecule has 1 aromatic carbocycles. The van der Waals surface area contributed by atoms with Crippen LogP contribution in [0.25, 0.3) is 0 Å². The Balaban J connectivity index is 2.15. The van der Waals surface area contributed by atoms with E-state index < -0.39 is 0 Å². The second-order valence-corrected chi connectivity index (χ2v) is 4.93. The zero-order chi connectivity index (χ0) is 13.1. The third-order valence-electron chi connectivity index (χ3n) is 2.46. The summed E-state index contributed by atoms with van der Waals surface area (Å²) in [4.78, 5) is 17.5. The van der Waals surface area contributed by atoms with Crippen LogP contribution in [-0.4, -0.2) is 14.9 Å². The molecule has 0 aliphatic rings. The summed E-state index contributed by atoms with van der Waals surface area (Å²) >= 11 is 1.96. The fourth-order valence-electron chi connectivity index (χ4n) is 1.58. The summed E-state index contributed by atoms with van der Waals surface area (Å²) in [5, 5.41) is 13.9. The third kappa shape index (κ3) is 2.78. The minimum Gasteiger partial charge on any atom is -0.375 e. The molecule has 0 radical (unpaired) electrons. The average molecular weight is 358 g/mol. The van der Waals surface area contributed by atoms with Crippen LogP contribution < -0.4 is 5.32 Å². The van der Waals surface area contributed by atoms with Crippen LogP contribution in [0, 0.1) is 13.7 Å². The summed E-state index contributed by atoms with van der Waals surface area (Å²) < 4.78 is 0.606. The number of hydrogen-bond donors (Lipinski definition) is 2. The predicted molar refractivity (Wildman–Crippen MR) is 76.4 cm³/mol. The lowest BCUT2D eigenvalue weighted by atomic mass is 10.2. The molecule has 2 N–H and O–H groups in total. The van der Waals surface area contributed by atoms with E-state index in [1.54, 1.807) is 24.5 Å². The first kappa shape index (κ1) is 12.8. The van der Waals surface area contributed by atoms with Gasteiger partial charge in [-0.05, 0) is 41.6 Å². The van der Waals surface area contributed by atoms with Gasteiger partial charge in [0.25, 0.3) is 5.69 Å². The van der Waals surface area contributed by atoms with E-state index in [1.807, 2.05) is 29.5 Å². The zero-order valence-electron chi connectivity index (χ0n) is 9.55. The number of nitro benzene ring substituents is 1. The van der Waals surface area contributed by atoms with Gasteiger partial charge < -0.3 is 10.3 Å². The van der Waals surface area contributed by atoms with Gasteiger partial charge in [-0.3, -0.25) is 10.1 Å². The largest absolute Gasteiger partial charge is 0.375 e. The molecule has 0 saturated heterocycles. The van der Waals surface area contributed by atoms with Crippen molar-refractivity contribution >= 4 is 34.0 Å². The number of nitrogens with one attached hydrogen (secondary N) is 2. The zero-order valence-corrected chi connectivity index (χ0v) is 11.7. The summed E-state index contributed by atoms with van der Waals surface area (Å²) in [6, 6.07) is 4.95. The van der Waals surface area contributed by atoms with Gasteiger partial charge >= 0.3 is 0 Å². The number of H-pyrrole nitrogens is 1. The van der Waals surface area contributed by atoms with Gasteiger partial charge in [0.2, 0.25) is 0 Å². The SMILES string of the molecule is CC(Nc1ccc([N+](=O)[O-])c(I)c1)c1ncc[nH]1. The van der Waals surface area contributed by atoms with E-state index in [1.165, 1.54) is 6.07 Å². The van der Waals surface area contributed by atoms with E-state index in [4.69, 9.17) is 0 Å². The number of imidazole rings is 1. The lowest BCUT2D eigenvalue weighted by Gasteiger charge is -2.13. The molecule has 0 saturated carbocycles. The minimum absolute atomic E-state index is 0.0113. The van der Waals surface area contributed by atoms with Crippen molar-refractivity contribution in [2.45, 2.75) is 13.0 Å². The first-order chi connectivity index (χ1) is 8.58. The predicted octanol–water partition coefficient (Wildman–Crippen LogP) is 3.10. The van der Waals surface area contributed by atoms with Gasteiger partial charge in [0.05, 0.1) is 14.5 Å². The molecule has 1 heterocycles. The molecule has 0 spiro atoms. The molecule has 0 fully saturated rings. The van der Waals surface area contributed by atoms with Crippen LogP contribution in [0.15, 0.2) is 30.6 Å². The highest BCUT2D eigenvalue weighted by Crippen LogP contribution is 2.25. The van der Waals surface area contributed by atoms with Crippen molar-refractivity contribution in [1.82, 2.24) is 9.97 Å². The second kappa shape index (κ2) is 5.34. The Hall–Kier alpha value is -1.64. The van der Waals surface area contributed by atoms with Crippen LogP contribution in [-0.2, 0) is 0 Å². The van der Waals surface area contributed by atoms with Crippen LogP contribution in [0.5, 0.6) is 0 Å². The number of aromatic amines is 1. The third-order valence-corrected chi connectivity index (χ3v) is 3.32. The Labute approximate surface area is 117 Å². The molecule has 2 aromatic rings. The molecule has 0 bridgehead atoms. The van der Waals surface area contributed by atoms with Gasteiger partial charge in [0, 0.05) is 24.1 Å². The molecule has 2 rings (SSSR count). The van der Waals surface area contributed by atoms with Gasteiger partial charge in [-0.1, -0.05) is 0 Å². The molecular formula is C11H11IN4O2. The quantitative estimate of drug-likeness (QED) is 0.500. The summed E-state index contributed by atoms with van der Waals surface area (Å²) in [7, 11) is 0. The van der Waals surface area contributed by atoms with Gasteiger partial charge in [0.1, 0.15) is 5.82 Å². The number of halogens is 1. The number of anilines is 1. The Morgan fingerprint density at radius 3 is 2.89 bits per heavy atom. The second-order valence-electron chi connectivity index (χ2n) is 3.76. The smallest absolute Gasteiger partial charge is 0.282 e. The average Bonchev–Trinajstić information content (AvgIpc) is 2.81. The molecule has 6 nitrogen and oxygen atoms in total. The summed E-state index contributed by atoms with van der Waals surface area (Å²) in [6.07, 6.45) is 3.44. The van der Waals surface area contributed by atoms with Gasteiger partial charge in [-0.25, -0.2) is 4.98 Å². The van der Waals surface area contributed by atoms with Crippen molar-refractivity contribution in [1.29, 1.82) is 0 Å². The standard InChI is InChI=1S/C11H11IN4O2/c1-7(11-13-4-5-14-11)15-8-2-3-10(16(17)18)9(12)6-8/h2-7,15H,1H3,(H,13,14). The number of rotatable bonds is 4. The molecule has 18 heavy (non-hydrogen) atoms. The van der Waals surface area contributed by atoms with Crippen molar-refractivity contribution in [2.24, 2.45) is 0 Å². The molecule has 0 amide bonds. The normalized spacial score (nSPS) is 12.1. The van der Waals surface area contributed by atoms with Crippen molar-refractivity contribution in [3.05, 3.63) is 50.1 Å². The number of nitrogens with zero attached hydrogens (tertiary/aromatic N) is 2. The number of aromatic nitrogens is 2. The Morgan fingerprint density at radius 2 is 2.33 bits per heavy atom. The molecule has 0 aliphatic carbocycles. The lowest BCUT2D eigenvalue weighted by Crippen LogP contribution is -2.08. The van der Waals surface area contributed by atoms with Gasteiger partial charge in [-0.15, -0.1) is 0 Å². The summed E-state index contributed by atoms with van der Waals surface area (Å²) in [5.41, 5.74) is 0.945. The fourth-order valence-corrected chi connectivity index (χ4v) is 2.29. The van der Waals surface area contributed by atoms with Crippen molar-refractivity contribution in [3.8, 4) is 0 Å². The van der Waals surface area contributed by atoms with Gasteiger partial charge in [-0.2, -0.15) is 0 Å². The highest BCUT2D eigenvalue weighted by molar-refractivity contribution is 14.1. The van der Waals surface area contributed by atoms with Crippen molar-refractivity contribution in [3.63, 3.8) is 0 Å². The Kier molecular flexibility index (Phi) is 3.80. The van der Waals surface area contributed by atoms with E-state index in [-0.39, 0.29) is 16.7 Å². The maximum atomic E-state index is 10.7. The number of nitro groups is 1. The van der Waals surface area contributed by atoms with Gasteiger partial charge in [0.15, 0.2) is 0 Å². The number of hydrogen-bond acceptors (Lipinski definition) is 4. The minimum atomic E-state index is -0.387. The van der Waals surface area contributed by atoms with Crippen molar-refractivity contribution in [2.75, 3.05) is 5.32 Å². The first-order valence-electron chi connectivity index (χ1n) is 5.27. The van der Waals surface area contributed by atoms with Crippen LogP contribution in [0.1, 0.15) is 18.8 Å². The lowest BCUT2D eigenvalue weighted by molar-refractivity contribution is -0.385. The maximum Gasteiger partial charge on any atom is 0.282 e. The summed E-state index contributed by atoms with van der Waals surface area (Å²) in [5.74, 6) is 0.823. The fraction of sp³-hybridized carbons (Fsp3) is 0.182. The van der Waals surface area contributed by atoms with Crippen LogP contribution in [0.2, 0.25) is 0 Å². The Bertz CT molecular complexity index is 556. The molecule has 94 valence electrons. The maximum absolute atomic E-state index is 10.7. The van der Waals surface area contributed by atoms with E-state index in [9.17, 15) is 10.1 Å². The molecular weight excluding hydrogens is 347 g/mol. The topological polar surface area (TPSA) is 83.8 Å². The van der Waals surface area contributed by atoms with Crippen LogP contribution in [0.3, 0.4) is 0 Å². The van der Waals surface area contributed by atoms with Crippen LogP contribution in [0.4, 0.5) is 11.4 Å². The van der Waals surface area contributed by atoms with E-state index in [0.717, 1.165) is 11.5 Å². The number of benzene rings is 1. The summed E-state index contributed by atoms with van der Waals surface area (Å²) in [6.45, 7) is 1.97. The highest BCUT2D eigenvalue weighted by Gasteiger charge is 2.13. The van der Waals surface area contributed by atoms with E-state index in [0.29, 0.717) is 3.57 Å². The molecule has 1 unspecified atom stereocenters. The van der Waals surface area contributed by atoms with E-state index in [2.05, 4.69) is 15.3 Å². The van der Waals surface area contributed by atoms with Crippen LogP contribution >= 0.6 is 22.6 Å².